The summed E-state index contributed by atoms with van der Waals surface area (Å²) in [6.07, 6.45) is 1.12. The molecule has 138 valence electrons. The summed E-state index contributed by atoms with van der Waals surface area (Å²) in [5.74, 6) is -0.358. The van der Waals surface area contributed by atoms with E-state index < -0.39 is 0 Å². The molecule has 0 saturated carbocycles. The van der Waals surface area contributed by atoms with Crippen LogP contribution in [0.25, 0.3) is 0 Å². The van der Waals surface area contributed by atoms with Gasteiger partial charge in [0.1, 0.15) is 6.10 Å². The maximum Gasteiger partial charge on any atom is 0.339 e. The van der Waals surface area contributed by atoms with E-state index >= 15 is 0 Å². The first-order valence-electron chi connectivity index (χ1n) is 9.49. The first-order chi connectivity index (χ1) is 13.7. The largest absolute Gasteiger partial charge is 0.454 e. The predicted octanol–water partition coefficient (Wildman–Crippen LogP) is 4.34. The smallest absolute Gasteiger partial charge is 0.339 e. The van der Waals surface area contributed by atoms with Gasteiger partial charge in [-0.1, -0.05) is 48.5 Å². The molecule has 1 atom stereocenters. The van der Waals surface area contributed by atoms with Crippen LogP contribution in [-0.4, -0.2) is 18.4 Å². The van der Waals surface area contributed by atoms with Crippen molar-refractivity contribution in [3.8, 4) is 0 Å². The van der Waals surface area contributed by atoms with Crippen molar-refractivity contribution in [1.29, 1.82) is 0 Å². The minimum absolute atomic E-state index is 0.0250. The van der Waals surface area contributed by atoms with Gasteiger partial charge in [0.2, 0.25) is 0 Å². The topological polar surface area (TPSA) is 46.6 Å². The van der Waals surface area contributed by atoms with E-state index in [9.17, 15) is 9.59 Å². The average molecular weight is 369 g/mol. The second kappa shape index (κ2) is 6.64. The first-order valence-corrected chi connectivity index (χ1v) is 9.49. The second-order valence-corrected chi connectivity index (χ2v) is 7.22. The van der Waals surface area contributed by atoms with Crippen LogP contribution in [0.1, 0.15) is 43.5 Å². The van der Waals surface area contributed by atoms with Crippen LogP contribution in [0.4, 0.5) is 5.69 Å². The van der Waals surface area contributed by atoms with Gasteiger partial charge in [-0.2, -0.15) is 0 Å². The van der Waals surface area contributed by atoms with E-state index in [1.807, 2.05) is 59.5 Å². The molecule has 2 heterocycles. The molecule has 3 aromatic rings. The van der Waals surface area contributed by atoms with E-state index in [0.717, 1.165) is 23.2 Å². The molecule has 3 aromatic carbocycles. The van der Waals surface area contributed by atoms with Crippen LogP contribution in [0.15, 0.2) is 72.8 Å². The van der Waals surface area contributed by atoms with Crippen molar-refractivity contribution in [3.05, 3.63) is 101 Å². The van der Waals surface area contributed by atoms with Crippen LogP contribution in [0.2, 0.25) is 0 Å². The number of hydrogen-bond donors (Lipinski definition) is 0. The number of benzene rings is 3. The van der Waals surface area contributed by atoms with Gasteiger partial charge >= 0.3 is 5.97 Å². The Balaban J connectivity index is 1.46. The first kappa shape index (κ1) is 16.8. The van der Waals surface area contributed by atoms with E-state index in [2.05, 4.69) is 6.07 Å². The number of carbonyl (C=O) groups is 2. The van der Waals surface area contributed by atoms with Crippen LogP contribution in [0.3, 0.4) is 0 Å². The molecular formula is C24H19NO3. The van der Waals surface area contributed by atoms with E-state index in [-0.39, 0.29) is 18.0 Å². The molecule has 0 aromatic heterocycles. The monoisotopic (exact) mass is 369 g/mol. The molecule has 0 fully saturated rings. The maximum atomic E-state index is 13.1. The Morgan fingerprint density at radius 3 is 2.57 bits per heavy atom. The summed E-state index contributed by atoms with van der Waals surface area (Å²) in [6.45, 7) is 0.684. The van der Waals surface area contributed by atoms with Crippen molar-refractivity contribution in [2.24, 2.45) is 0 Å². The van der Waals surface area contributed by atoms with Crippen molar-refractivity contribution in [1.82, 2.24) is 0 Å². The molecule has 4 nitrogen and oxygen atoms in total. The minimum Gasteiger partial charge on any atom is -0.454 e. The molecule has 28 heavy (non-hydrogen) atoms. The summed E-state index contributed by atoms with van der Waals surface area (Å²) in [4.78, 5) is 27.4. The second-order valence-electron chi connectivity index (χ2n) is 7.22. The molecule has 0 aliphatic carbocycles. The van der Waals surface area contributed by atoms with E-state index in [0.29, 0.717) is 24.1 Å². The number of carbonyl (C=O) groups excluding carboxylic acids is 2. The van der Waals surface area contributed by atoms with E-state index in [1.54, 1.807) is 12.1 Å². The van der Waals surface area contributed by atoms with Crippen molar-refractivity contribution in [3.63, 3.8) is 0 Å². The molecule has 4 heteroatoms. The summed E-state index contributed by atoms with van der Waals surface area (Å²) in [5, 5.41) is 0. The Labute approximate surface area is 163 Å². The van der Waals surface area contributed by atoms with Gasteiger partial charge in [0, 0.05) is 24.2 Å². The lowest BCUT2D eigenvalue weighted by atomic mass is 9.93. The normalized spacial score (nSPS) is 17.6. The number of anilines is 1. The fraction of sp³-hybridized carbons (Fsp3) is 0.167. The predicted molar refractivity (Wildman–Crippen MR) is 107 cm³/mol. The van der Waals surface area contributed by atoms with Gasteiger partial charge in [-0.25, -0.2) is 4.79 Å². The summed E-state index contributed by atoms with van der Waals surface area (Å²) in [6, 6.07) is 23.0. The van der Waals surface area contributed by atoms with Gasteiger partial charge in [-0.3, -0.25) is 4.79 Å². The Morgan fingerprint density at radius 1 is 0.929 bits per heavy atom. The number of para-hydroxylation sites is 1. The maximum absolute atomic E-state index is 13.1. The van der Waals surface area contributed by atoms with E-state index in [4.69, 9.17) is 4.74 Å². The average Bonchev–Trinajstić information content (AvgIpc) is 3.17. The van der Waals surface area contributed by atoms with Crippen molar-refractivity contribution in [2.75, 3.05) is 11.4 Å². The standard InChI is InChI=1S/C24H19NO3/c26-23(25-13-12-16-6-4-5-9-21(16)25)18-10-11-20-19(14-18)15-22(28-24(20)27)17-7-2-1-3-8-17/h1-11,14,22H,12-13,15H2/t22-/m0/s1. The quantitative estimate of drug-likeness (QED) is 0.631. The molecule has 1 amide bonds. The minimum atomic E-state index is -0.333. The molecule has 0 bridgehead atoms. The number of fused-ring (bicyclic) bond motifs is 2. The third kappa shape index (κ3) is 2.78. The highest BCUT2D eigenvalue weighted by Crippen LogP contribution is 2.33. The molecule has 0 saturated heterocycles. The molecule has 2 aliphatic rings. The Hall–Kier alpha value is -3.40. The summed E-state index contributed by atoms with van der Waals surface area (Å²) in [5.41, 5.74) is 5.16. The zero-order valence-electron chi connectivity index (χ0n) is 15.3. The van der Waals surface area contributed by atoms with Gasteiger partial charge in [0.15, 0.2) is 0 Å². The van der Waals surface area contributed by atoms with Crippen molar-refractivity contribution < 1.29 is 14.3 Å². The van der Waals surface area contributed by atoms with Crippen molar-refractivity contribution in [2.45, 2.75) is 18.9 Å². The highest BCUT2D eigenvalue weighted by Gasteiger charge is 2.30. The molecule has 0 radical (unpaired) electrons. The Kier molecular flexibility index (Phi) is 3.97. The lowest BCUT2D eigenvalue weighted by molar-refractivity contribution is 0.0252. The number of rotatable bonds is 2. The summed E-state index contributed by atoms with van der Waals surface area (Å²) in [7, 11) is 0. The number of hydrogen-bond acceptors (Lipinski definition) is 3. The van der Waals surface area contributed by atoms with Crippen LogP contribution < -0.4 is 4.90 Å². The molecule has 0 spiro atoms. The zero-order chi connectivity index (χ0) is 19.1. The van der Waals surface area contributed by atoms with Crippen LogP contribution in [0.5, 0.6) is 0 Å². The number of esters is 1. The highest BCUT2D eigenvalue weighted by atomic mass is 16.5. The number of nitrogens with zero attached hydrogens (tertiary/aromatic N) is 1. The SMILES string of the molecule is O=C1O[C@H](c2ccccc2)Cc2cc(C(=O)N3CCc4ccccc43)ccc21. The molecular weight excluding hydrogens is 350 g/mol. The number of amides is 1. The fourth-order valence-electron chi connectivity index (χ4n) is 4.09. The van der Waals surface area contributed by atoms with Gasteiger partial charge in [0.05, 0.1) is 5.56 Å². The highest BCUT2D eigenvalue weighted by molar-refractivity contribution is 6.08. The van der Waals surface area contributed by atoms with Gasteiger partial charge < -0.3 is 9.64 Å². The lowest BCUT2D eigenvalue weighted by Gasteiger charge is -2.26. The van der Waals surface area contributed by atoms with Gasteiger partial charge in [-0.05, 0) is 47.4 Å². The molecule has 2 aliphatic heterocycles. The van der Waals surface area contributed by atoms with E-state index in [1.165, 1.54) is 5.56 Å². The van der Waals surface area contributed by atoms with Crippen LogP contribution in [0, 0.1) is 0 Å². The number of cyclic esters (lactones) is 1. The number of ether oxygens (including phenoxy) is 1. The Morgan fingerprint density at radius 2 is 1.71 bits per heavy atom. The fourth-order valence-corrected chi connectivity index (χ4v) is 4.09. The van der Waals surface area contributed by atoms with Crippen LogP contribution in [-0.2, 0) is 17.6 Å². The zero-order valence-corrected chi connectivity index (χ0v) is 15.3. The van der Waals surface area contributed by atoms with Gasteiger partial charge in [0.25, 0.3) is 5.91 Å². The summed E-state index contributed by atoms with van der Waals surface area (Å²) < 4.78 is 5.61. The molecule has 0 N–H and O–H groups in total. The van der Waals surface area contributed by atoms with Crippen LogP contribution >= 0.6 is 0 Å². The third-order valence-electron chi connectivity index (χ3n) is 5.53. The molecule has 5 rings (SSSR count). The van der Waals surface area contributed by atoms with Gasteiger partial charge in [-0.15, -0.1) is 0 Å². The third-order valence-corrected chi connectivity index (χ3v) is 5.53. The van der Waals surface area contributed by atoms with Crippen molar-refractivity contribution >= 4 is 17.6 Å². The lowest BCUT2D eigenvalue weighted by Crippen LogP contribution is -2.29. The Bertz CT molecular complexity index is 1070. The molecule has 0 unspecified atom stereocenters. The summed E-state index contributed by atoms with van der Waals surface area (Å²) >= 11 is 0.